The zero-order valence-electron chi connectivity index (χ0n) is 12.1. The summed E-state index contributed by atoms with van der Waals surface area (Å²) in [5, 5.41) is 19.3. The van der Waals surface area contributed by atoms with E-state index in [4.69, 9.17) is 11.6 Å². The number of allylic oxidation sites excluding steroid dienone is 1. The van der Waals surface area contributed by atoms with Crippen LogP contribution < -0.4 is 0 Å². The van der Waals surface area contributed by atoms with Crippen molar-refractivity contribution in [2.45, 2.75) is 6.92 Å². The predicted molar refractivity (Wildman–Crippen MR) is 95.1 cm³/mol. The van der Waals surface area contributed by atoms with Gasteiger partial charge in [-0.1, -0.05) is 17.7 Å². The van der Waals surface area contributed by atoms with E-state index in [1.165, 1.54) is 0 Å². The molecule has 3 aromatic rings. The van der Waals surface area contributed by atoms with Gasteiger partial charge in [-0.3, -0.25) is 0 Å². The van der Waals surface area contributed by atoms with E-state index < -0.39 is 0 Å². The van der Waals surface area contributed by atoms with Crippen LogP contribution in [0.2, 0.25) is 5.02 Å². The summed E-state index contributed by atoms with van der Waals surface area (Å²) in [6.45, 7) is 2.00. The summed E-state index contributed by atoms with van der Waals surface area (Å²) in [7, 11) is 0. The van der Waals surface area contributed by atoms with E-state index in [2.05, 4.69) is 32.0 Å². The van der Waals surface area contributed by atoms with E-state index >= 15 is 0 Å². The minimum absolute atomic E-state index is 0.0264. The molecule has 0 amide bonds. The molecule has 0 atom stereocenters. The molecule has 0 fully saturated rings. The third-order valence-corrected chi connectivity index (χ3v) is 4.26. The van der Waals surface area contributed by atoms with Gasteiger partial charge in [-0.15, -0.1) is 0 Å². The van der Waals surface area contributed by atoms with Gasteiger partial charge in [0.2, 0.25) is 0 Å². The molecule has 0 unspecified atom stereocenters. The number of rotatable bonds is 2. The van der Waals surface area contributed by atoms with Gasteiger partial charge in [0.05, 0.1) is 26.1 Å². The number of hydrogen-bond donors (Lipinski definition) is 2. The standard InChI is InChI=1S/C17H11BrClN3O/c1-9-2-3-14-15(4-9)22-17(21-14)11(8-20)5-10-6-12(18)16(23)13(19)7-10/h2-7,23H,1H3,(H,21,22)/b11-5+. The van der Waals surface area contributed by atoms with Crippen molar-refractivity contribution in [1.29, 1.82) is 5.26 Å². The number of halogens is 2. The lowest BCUT2D eigenvalue weighted by Crippen LogP contribution is -1.85. The first-order valence-electron chi connectivity index (χ1n) is 6.74. The van der Waals surface area contributed by atoms with Crippen LogP contribution in [0.4, 0.5) is 0 Å². The highest BCUT2D eigenvalue weighted by atomic mass is 79.9. The lowest BCUT2D eigenvalue weighted by atomic mass is 10.1. The molecule has 0 aliphatic rings. The fourth-order valence-electron chi connectivity index (χ4n) is 2.24. The van der Waals surface area contributed by atoms with Gasteiger partial charge >= 0.3 is 0 Å². The molecule has 0 saturated heterocycles. The Kier molecular flexibility index (Phi) is 4.12. The Bertz CT molecular complexity index is 962. The molecule has 1 aromatic heterocycles. The fourth-order valence-corrected chi connectivity index (χ4v) is 3.06. The Hall–Kier alpha value is -2.29. The van der Waals surface area contributed by atoms with Crippen molar-refractivity contribution in [3.8, 4) is 11.8 Å². The molecule has 0 aliphatic heterocycles. The number of phenolic OH excluding ortho intramolecular Hbond substituents is 1. The van der Waals surface area contributed by atoms with Gasteiger partial charge in [-0.05, 0) is 64.3 Å². The van der Waals surface area contributed by atoms with Gasteiger partial charge in [-0.2, -0.15) is 5.26 Å². The maximum atomic E-state index is 9.68. The van der Waals surface area contributed by atoms with Crippen molar-refractivity contribution in [3.63, 3.8) is 0 Å². The van der Waals surface area contributed by atoms with E-state index in [0.717, 1.165) is 16.6 Å². The van der Waals surface area contributed by atoms with Crippen molar-refractivity contribution in [2.24, 2.45) is 0 Å². The third kappa shape index (κ3) is 3.09. The molecule has 1 heterocycles. The normalized spacial score (nSPS) is 11.7. The number of aryl methyl sites for hydroxylation is 1. The molecule has 3 rings (SSSR count). The molecule has 0 spiro atoms. The molecule has 0 aliphatic carbocycles. The van der Waals surface area contributed by atoms with E-state index in [1.54, 1.807) is 18.2 Å². The number of nitrogens with one attached hydrogen (secondary N) is 1. The van der Waals surface area contributed by atoms with Crippen LogP contribution in [0.5, 0.6) is 5.75 Å². The molecule has 114 valence electrons. The van der Waals surface area contributed by atoms with Crippen LogP contribution in [0.3, 0.4) is 0 Å². The van der Waals surface area contributed by atoms with Crippen LogP contribution in [0, 0.1) is 18.3 Å². The minimum atomic E-state index is -0.0264. The van der Waals surface area contributed by atoms with Gasteiger partial charge in [0.25, 0.3) is 0 Å². The molecule has 23 heavy (non-hydrogen) atoms. The van der Waals surface area contributed by atoms with Gasteiger partial charge in [0, 0.05) is 0 Å². The first-order chi connectivity index (χ1) is 11.0. The smallest absolute Gasteiger partial charge is 0.149 e. The molecular weight excluding hydrogens is 378 g/mol. The molecular formula is C17H11BrClN3O. The summed E-state index contributed by atoms with van der Waals surface area (Å²) in [5.41, 5.74) is 3.87. The van der Waals surface area contributed by atoms with Crippen molar-refractivity contribution in [3.05, 3.63) is 56.8 Å². The minimum Gasteiger partial charge on any atom is -0.505 e. The van der Waals surface area contributed by atoms with Crippen LogP contribution >= 0.6 is 27.5 Å². The van der Waals surface area contributed by atoms with Crippen LogP contribution in [0.1, 0.15) is 17.0 Å². The highest BCUT2D eigenvalue weighted by molar-refractivity contribution is 9.10. The van der Waals surface area contributed by atoms with Crippen LogP contribution in [-0.4, -0.2) is 15.1 Å². The zero-order valence-corrected chi connectivity index (χ0v) is 14.4. The van der Waals surface area contributed by atoms with Gasteiger partial charge in [0.15, 0.2) is 0 Å². The Labute approximate surface area is 146 Å². The lowest BCUT2D eigenvalue weighted by molar-refractivity contribution is 0.472. The van der Waals surface area contributed by atoms with Gasteiger partial charge in [-0.25, -0.2) is 4.98 Å². The summed E-state index contributed by atoms with van der Waals surface area (Å²) in [6.07, 6.45) is 1.67. The highest BCUT2D eigenvalue weighted by Gasteiger charge is 2.10. The predicted octanol–water partition coefficient (Wildman–Crippen LogP) is 5.06. The number of nitriles is 1. The lowest BCUT2D eigenvalue weighted by Gasteiger charge is -2.02. The van der Waals surface area contributed by atoms with E-state index in [-0.39, 0.29) is 10.8 Å². The second kappa shape index (κ2) is 6.07. The number of aromatic amines is 1. The maximum absolute atomic E-state index is 9.68. The number of aromatic hydroxyl groups is 1. The largest absolute Gasteiger partial charge is 0.505 e. The summed E-state index contributed by atoms with van der Waals surface area (Å²) in [5.74, 6) is 0.468. The van der Waals surface area contributed by atoms with E-state index in [1.807, 2.05) is 25.1 Å². The number of fused-ring (bicyclic) bond motifs is 1. The number of H-pyrrole nitrogens is 1. The van der Waals surface area contributed by atoms with Crippen molar-refractivity contribution >= 4 is 50.2 Å². The van der Waals surface area contributed by atoms with Gasteiger partial charge < -0.3 is 10.1 Å². The SMILES string of the molecule is Cc1ccc2nc(/C(C#N)=C/c3cc(Cl)c(O)c(Br)c3)[nH]c2c1. The van der Waals surface area contributed by atoms with Crippen LogP contribution in [-0.2, 0) is 0 Å². The number of phenols is 1. The van der Waals surface area contributed by atoms with E-state index in [0.29, 0.717) is 21.4 Å². The number of hydrogen-bond acceptors (Lipinski definition) is 3. The molecule has 2 N–H and O–H groups in total. The molecule has 0 radical (unpaired) electrons. The molecule has 6 heteroatoms. The number of aromatic nitrogens is 2. The second-order valence-electron chi connectivity index (χ2n) is 5.11. The van der Waals surface area contributed by atoms with Crippen LogP contribution in [0.25, 0.3) is 22.7 Å². The Morgan fingerprint density at radius 1 is 1.39 bits per heavy atom. The first kappa shape index (κ1) is 15.6. The fraction of sp³-hybridized carbons (Fsp3) is 0.0588. The Morgan fingerprint density at radius 2 is 2.17 bits per heavy atom. The quantitative estimate of drug-likeness (QED) is 0.603. The highest BCUT2D eigenvalue weighted by Crippen LogP contribution is 2.34. The summed E-state index contributed by atoms with van der Waals surface area (Å²) >= 11 is 9.19. The molecule has 2 aromatic carbocycles. The topological polar surface area (TPSA) is 72.7 Å². The third-order valence-electron chi connectivity index (χ3n) is 3.36. The maximum Gasteiger partial charge on any atom is 0.149 e. The monoisotopic (exact) mass is 387 g/mol. The summed E-state index contributed by atoms with van der Waals surface area (Å²) in [4.78, 5) is 7.60. The van der Waals surface area contributed by atoms with Crippen molar-refractivity contribution in [1.82, 2.24) is 9.97 Å². The van der Waals surface area contributed by atoms with Gasteiger partial charge in [0.1, 0.15) is 17.6 Å². The van der Waals surface area contributed by atoms with Crippen molar-refractivity contribution < 1.29 is 5.11 Å². The Morgan fingerprint density at radius 3 is 2.87 bits per heavy atom. The summed E-state index contributed by atoms with van der Waals surface area (Å²) in [6, 6.07) is 11.3. The number of benzene rings is 2. The molecule has 0 bridgehead atoms. The average molecular weight is 389 g/mol. The summed E-state index contributed by atoms with van der Waals surface area (Å²) < 4.78 is 0.466. The average Bonchev–Trinajstić information content (AvgIpc) is 2.92. The molecule has 0 saturated carbocycles. The second-order valence-corrected chi connectivity index (χ2v) is 6.37. The van der Waals surface area contributed by atoms with Crippen molar-refractivity contribution in [2.75, 3.05) is 0 Å². The zero-order chi connectivity index (χ0) is 16.6. The molecule has 4 nitrogen and oxygen atoms in total. The number of imidazole rings is 1. The van der Waals surface area contributed by atoms with Crippen LogP contribution in [0.15, 0.2) is 34.8 Å². The number of nitrogens with zero attached hydrogens (tertiary/aromatic N) is 2. The first-order valence-corrected chi connectivity index (χ1v) is 7.91. The Balaban J connectivity index is 2.09. The van der Waals surface area contributed by atoms with E-state index in [9.17, 15) is 10.4 Å².